The highest BCUT2D eigenvalue weighted by Gasteiger charge is 2.40. The molecule has 1 saturated heterocycles. The number of thiophene rings is 1. The molecule has 1 N–H and O–H groups in total. The van der Waals surface area contributed by atoms with Crippen LogP contribution in [-0.4, -0.2) is 63.1 Å². The molecule has 0 bridgehead atoms. The molecule has 69 heavy (non-hydrogen) atoms. The smallest absolute Gasteiger partial charge is 0.429 e. The summed E-state index contributed by atoms with van der Waals surface area (Å²) in [6.07, 6.45) is 1.55. The molecule has 1 aromatic heterocycles. The summed E-state index contributed by atoms with van der Waals surface area (Å²) in [6.45, 7) is 7.32. The van der Waals surface area contributed by atoms with Crippen LogP contribution in [0.15, 0.2) is 125 Å². The van der Waals surface area contributed by atoms with Crippen LogP contribution in [0.2, 0.25) is 0 Å². The monoisotopic (exact) mass is 962 g/mol. The Labute approximate surface area is 400 Å². The molecule has 15 heteroatoms. The van der Waals surface area contributed by atoms with E-state index in [0.29, 0.717) is 30.4 Å². The zero-order chi connectivity index (χ0) is 48.5. The Balaban J connectivity index is 1.03. The molecular weight excluding hydrogens is 913 g/mol. The molecule has 1 aliphatic heterocycles. The van der Waals surface area contributed by atoms with Gasteiger partial charge in [0.25, 0.3) is 0 Å². The molecule has 0 aliphatic carbocycles. The summed E-state index contributed by atoms with van der Waals surface area (Å²) in [5.74, 6) is -4.06. The fourth-order valence-corrected chi connectivity index (χ4v) is 8.83. The standard InChI is InChI=1S/C54H50F4N2O8S/c1-4-53(32-65-33-53)31-64-25-11-5-6-12-26-66-44-24-19-37(27-46(44)63-3)52(62)67-51-38(30-59-60-34(2)48-29-36-13-7-10-16-47(36)69-48)28-45(41-14-8-9-15-42(41)51)68-54(57,58)43-23-22-40(49(55)50(43)56)35-17-20-39(61)21-18-35/h7-10,13-24,27-30,61H,4-6,11-12,25-26,31-33H2,1-3H3/b59-30+,60-34+. The average Bonchev–Trinajstić information content (AvgIpc) is 3.78. The molecule has 7 aromatic rings. The third-order valence-electron chi connectivity index (χ3n) is 12.0. The van der Waals surface area contributed by atoms with Crippen molar-refractivity contribution in [2.45, 2.75) is 52.1 Å². The highest BCUT2D eigenvalue weighted by Crippen LogP contribution is 2.43. The van der Waals surface area contributed by atoms with E-state index in [-0.39, 0.29) is 49.9 Å². The number of methoxy groups -OCH3 is 1. The minimum Gasteiger partial charge on any atom is -0.508 e. The van der Waals surface area contributed by atoms with E-state index in [1.54, 1.807) is 25.1 Å². The van der Waals surface area contributed by atoms with E-state index in [1.807, 2.05) is 30.3 Å². The number of nitrogens with zero attached hydrogens (tertiary/aromatic N) is 2. The van der Waals surface area contributed by atoms with E-state index in [2.05, 4.69) is 17.1 Å². The highest BCUT2D eigenvalue weighted by atomic mass is 32.1. The summed E-state index contributed by atoms with van der Waals surface area (Å²) in [4.78, 5) is 14.9. The Morgan fingerprint density at radius 1 is 0.841 bits per heavy atom. The second kappa shape index (κ2) is 21.6. The van der Waals surface area contributed by atoms with Crippen LogP contribution >= 0.6 is 11.3 Å². The maximum atomic E-state index is 16.2. The molecule has 2 heterocycles. The SMILES string of the molecule is CCC1(COCCCCCCOc2ccc(C(=O)Oc3c(/C=N/N=C(\C)c4cc5ccccc5s4)cc(OC(F)(F)c4ccc(-c5ccc(O)cc5)c(F)c4F)c4ccccc34)cc2OC)COC1. The minimum atomic E-state index is -4.41. The van der Waals surface area contributed by atoms with Crippen LogP contribution in [-0.2, 0) is 15.6 Å². The Hall–Kier alpha value is -6.81. The van der Waals surface area contributed by atoms with Crippen molar-refractivity contribution in [3.8, 4) is 39.9 Å². The normalized spacial score (nSPS) is 13.8. The van der Waals surface area contributed by atoms with Gasteiger partial charge in [-0.3, -0.25) is 0 Å². The summed E-state index contributed by atoms with van der Waals surface area (Å²) >= 11 is 1.52. The lowest BCUT2D eigenvalue weighted by Gasteiger charge is -2.40. The number of phenols is 1. The van der Waals surface area contributed by atoms with Crippen molar-refractivity contribution in [2.24, 2.45) is 15.6 Å². The largest absolute Gasteiger partial charge is 0.508 e. The molecule has 0 atom stereocenters. The lowest BCUT2D eigenvalue weighted by molar-refractivity contribution is -0.187. The van der Waals surface area contributed by atoms with Gasteiger partial charge in [-0.05, 0) is 98.2 Å². The maximum absolute atomic E-state index is 16.2. The van der Waals surface area contributed by atoms with Crippen LogP contribution in [0.25, 0.3) is 32.0 Å². The molecule has 1 aliphatic rings. The lowest BCUT2D eigenvalue weighted by Crippen LogP contribution is -2.45. The van der Waals surface area contributed by atoms with Crippen LogP contribution in [0, 0.1) is 17.0 Å². The Morgan fingerprint density at radius 2 is 1.58 bits per heavy atom. The van der Waals surface area contributed by atoms with Crippen LogP contribution in [0.5, 0.6) is 28.7 Å². The summed E-state index contributed by atoms with van der Waals surface area (Å²) in [5, 5.41) is 19.6. The second-order valence-corrected chi connectivity index (χ2v) is 17.9. The Kier molecular flexibility index (Phi) is 15.3. The predicted molar refractivity (Wildman–Crippen MR) is 260 cm³/mol. The number of aromatic hydroxyl groups is 1. The summed E-state index contributed by atoms with van der Waals surface area (Å²) in [7, 11) is 1.46. The number of carbonyl (C=O) groups excluding carboxylic acids is 1. The number of benzene rings is 6. The molecule has 0 saturated carbocycles. The van der Waals surface area contributed by atoms with Crippen molar-refractivity contribution in [3.63, 3.8) is 0 Å². The van der Waals surface area contributed by atoms with Crippen molar-refractivity contribution in [3.05, 3.63) is 148 Å². The van der Waals surface area contributed by atoms with Gasteiger partial charge in [-0.2, -0.15) is 19.0 Å². The van der Waals surface area contributed by atoms with E-state index >= 15 is 17.6 Å². The first-order chi connectivity index (χ1) is 33.4. The van der Waals surface area contributed by atoms with E-state index < -0.39 is 35.0 Å². The number of carbonyl (C=O) groups is 1. The van der Waals surface area contributed by atoms with Crippen molar-refractivity contribution in [1.82, 2.24) is 0 Å². The van der Waals surface area contributed by atoms with Gasteiger partial charge in [0.1, 0.15) is 22.8 Å². The lowest BCUT2D eigenvalue weighted by atomic mass is 9.84. The number of esters is 1. The number of ether oxygens (including phenoxy) is 6. The quantitative estimate of drug-likeness (QED) is 0.0189. The molecule has 10 nitrogen and oxygen atoms in total. The molecule has 358 valence electrons. The number of alkyl halides is 2. The fraction of sp³-hybridized carbons (Fsp3) is 0.278. The Bertz CT molecular complexity index is 2970. The third-order valence-corrected chi connectivity index (χ3v) is 13.2. The van der Waals surface area contributed by atoms with Gasteiger partial charge >= 0.3 is 12.1 Å². The molecule has 0 radical (unpaired) electrons. The fourth-order valence-electron chi connectivity index (χ4n) is 7.82. The molecule has 0 unspecified atom stereocenters. The topological polar surface area (TPSA) is 117 Å². The molecular formula is C54H50F4N2O8S. The van der Waals surface area contributed by atoms with E-state index in [4.69, 9.17) is 28.4 Å². The number of rotatable bonds is 21. The van der Waals surface area contributed by atoms with Gasteiger partial charge in [-0.15, -0.1) is 11.3 Å². The van der Waals surface area contributed by atoms with Gasteiger partial charge in [0.05, 0.1) is 55.9 Å². The van der Waals surface area contributed by atoms with Gasteiger partial charge < -0.3 is 33.5 Å². The number of hydrogen-bond acceptors (Lipinski definition) is 11. The van der Waals surface area contributed by atoms with E-state index in [0.717, 1.165) is 79.0 Å². The molecule has 6 aromatic carbocycles. The zero-order valence-corrected chi connectivity index (χ0v) is 39.1. The Morgan fingerprint density at radius 3 is 2.30 bits per heavy atom. The van der Waals surface area contributed by atoms with E-state index in [1.165, 1.54) is 79.3 Å². The number of halogens is 4. The van der Waals surface area contributed by atoms with Crippen LogP contribution in [0.4, 0.5) is 17.6 Å². The van der Waals surface area contributed by atoms with Gasteiger partial charge in [-0.25, -0.2) is 13.6 Å². The van der Waals surface area contributed by atoms with Crippen LogP contribution in [0.1, 0.15) is 72.3 Å². The molecule has 0 spiro atoms. The minimum absolute atomic E-state index is 0.00592. The number of fused-ring (bicyclic) bond motifs is 2. The number of phenolic OH excluding ortho intramolecular Hbond substituents is 1. The van der Waals surface area contributed by atoms with Gasteiger partial charge in [-0.1, -0.05) is 74.0 Å². The first kappa shape index (κ1) is 48.6. The van der Waals surface area contributed by atoms with Crippen molar-refractivity contribution < 1.29 is 55.9 Å². The third kappa shape index (κ3) is 11.2. The van der Waals surface area contributed by atoms with Crippen molar-refractivity contribution in [2.75, 3.05) is 40.1 Å². The second-order valence-electron chi connectivity index (χ2n) is 16.8. The summed E-state index contributed by atoms with van der Waals surface area (Å²) in [5.41, 5.74) is -0.655. The average molecular weight is 963 g/mol. The van der Waals surface area contributed by atoms with Crippen molar-refractivity contribution in [1.29, 1.82) is 0 Å². The highest BCUT2D eigenvalue weighted by molar-refractivity contribution is 7.20. The summed E-state index contributed by atoms with van der Waals surface area (Å²) in [6, 6.07) is 28.7. The zero-order valence-electron chi connectivity index (χ0n) is 38.2. The maximum Gasteiger partial charge on any atom is 0.429 e. The van der Waals surface area contributed by atoms with Crippen LogP contribution < -0.4 is 18.9 Å². The first-order valence-electron chi connectivity index (χ1n) is 22.5. The molecule has 8 rings (SSSR count). The van der Waals surface area contributed by atoms with Crippen molar-refractivity contribution >= 4 is 50.1 Å². The molecule has 0 amide bonds. The number of hydrogen-bond donors (Lipinski definition) is 1. The molecule has 1 fully saturated rings. The summed E-state index contributed by atoms with van der Waals surface area (Å²) < 4.78 is 98.8. The number of unbranched alkanes of at least 4 members (excludes halogenated alkanes) is 3. The van der Waals surface area contributed by atoms with E-state index in [9.17, 15) is 9.90 Å². The van der Waals surface area contributed by atoms with Crippen LogP contribution in [0.3, 0.4) is 0 Å². The predicted octanol–water partition coefficient (Wildman–Crippen LogP) is 13.3. The van der Waals surface area contributed by atoms with Gasteiger partial charge in [0, 0.05) is 38.6 Å². The van der Waals surface area contributed by atoms with Gasteiger partial charge in [0.2, 0.25) is 0 Å². The van der Waals surface area contributed by atoms with Gasteiger partial charge in [0.15, 0.2) is 23.1 Å². The first-order valence-corrected chi connectivity index (χ1v) is 23.4.